The maximum absolute atomic E-state index is 6.04. The predicted molar refractivity (Wildman–Crippen MR) is 98.8 cm³/mol. The first-order valence-corrected chi connectivity index (χ1v) is 8.02. The molecule has 3 rings (SSSR count). The highest BCUT2D eigenvalue weighted by Crippen LogP contribution is 2.25. The minimum Gasteiger partial charge on any atom is -0.324 e. The number of hydrogen-bond donors (Lipinski definition) is 2. The highest BCUT2D eigenvalue weighted by Gasteiger charge is 2.06. The zero-order valence-corrected chi connectivity index (χ0v) is 14.7. The van der Waals surface area contributed by atoms with Gasteiger partial charge in [0.05, 0.1) is 0 Å². The van der Waals surface area contributed by atoms with Crippen LogP contribution in [0.25, 0.3) is 0 Å². The van der Waals surface area contributed by atoms with E-state index >= 15 is 0 Å². The molecule has 1 heterocycles. The van der Waals surface area contributed by atoms with Gasteiger partial charge in [-0.15, -0.1) is 0 Å². The molecule has 2 aromatic carbocycles. The van der Waals surface area contributed by atoms with Gasteiger partial charge in [-0.25, -0.2) is 9.97 Å². The van der Waals surface area contributed by atoms with Crippen LogP contribution in [0.1, 0.15) is 11.1 Å². The largest absolute Gasteiger partial charge is 0.324 e. The number of nitrogens with one attached hydrogen (secondary N) is 2. The number of benzene rings is 2. The Bertz CT molecular complexity index is 814. The first kappa shape index (κ1) is 16.5. The molecule has 0 bridgehead atoms. The Kier molecular flexibility index (Phi) is 4.83. The van der Waals surface area contributed by atoms with Crippen molar-refractivity contribution in [3.05, 3.63) is 63.9 Å². The van der Waals surface area contributed by atoms with E-state index in [1.165, 1.54) is 6.33 Å². The van der Waals surface area contributed by atoms with Gasteiger partial charge in [0.2, 0.25) is 11.9 Å². The summed E-state index contributed by atoms with van der Waals surface area (Å²) in [6.45, 7) is 3.96. The van der Waals surface area contributed by atoms with E-state index < -0.39 is 0 Å². The topological polar surface area (TPSA) is 62.7 Å². The van der Waals surface area contributed by atoms with E-state index in [0.717, 1.165) is 22.5 Å². The van der Waals surface area contributed by atoms with E-state index in [9.17, 15) is 0 Å². The third kappa shape index (κ3) is 3.93. The third-order valence-electron chi connectivity index (χ3n) is 3.46. The van der Waals surface area contributed by atoms with Gasteiger partial charge < -0.3 is 10.6 Å². The molecule has 3 aromatic rings. The van der Waals surface area contributed by atoms with Crippen molar-refractivity contribution in [2.24, 2.45) is 0 Å². The summed E-state index contributed by atoms with van der Waals surface area (Å²) in [5.74, 6) is 0.857. The number of hydrogen-bond acceptors (Lipinski definition) is 5. The molecular formula is C17H15Cl2N5. The molecule has 0 unspecified atom stereocenters. The Morgan fingerprint density at radius 3 is 1.67 bits per heavy atom. The molecule has 1 aromatic heterocycles. The Labute approximate surface area is 150 Å². The fraction of sp³-hybridized carbons (Fsp3) is 0.118. The lowest BCUT2D eigenvalue weighted by Crippen LogP contribution is -2.04. The van der Waals surface area contributed by atoms with Crippen LogP contribution in [0.5, 0.6) is 0 Å². The molecule has 0 saturated heterocycles. The van der Waals surface area contributed by atoms with Gasteiger partial charge in [0.25, 0.3) is 0 Å². The highest BCUT2D eigenvalue weighted by atomic mass is 35.5. The van der Waals surface area contributed by atoms with Crippen LogP contribution in [-0.2, 0) is 0 Å². The Morgan fingerprint density at radius 2 is 1.21 bits per heavy atom. The molecule has 0 fully saturated rings. The molecule has 2 N–H and O–H groups in total. The average molecular weight is 360 g/mol. The minimum atomic E-state index is 0.428. The van der Waals surface area contributed by atoms with Crippen LogP contribution in [0.4, 0.5) is 23.3 Å². The van der Waals surface area contributed by atoms with Gasteiger partial charge in [0.1, 0.15) is 6.33 Å². The van der Waals surface area contributed by atoms with E-state index in [1.807, 2.05) is 50.2 Å². The Hall–Kier alpha value is -2.37. The van der Waals surface area contributed by atoms with Crippen molar-refractivity contribution < 1.29 is 0 Å². The van der Waals surface area contributed by atoms with Crippen molar-refractivity contribution in [1.29, 1.82) is 0 Å². The first-order chi connectivity index (χ1) is 11.5. The summed E-state index contributed by atoms with van der Waals surface area (Å²) in [6, 6.07) is 11.2. The zero-order chi connectivity index (χ0) is 17.1. The van der Waals surface area contributed by atoms with E-state index in [1.54, 1.807) is 0 Å². The van der Waals surface area contributed by atoms with E-state index in [2.05, 4.69) is 25.6 Å². The summed E-state index contributed by atoms with van der Waals surface area (Å²) in [5, 5.41) is 7.59. The standard InChI is InChI=1S/C17H15Cl2N5/c1-10-3-5-12(18)7-14(10)22-16-20-9-21-17(24-16)23-15-8-13(19)6-4-11(15)2/h3-9H,1-2H3,(H2,20,21,22,23,24). The average Bonchev–Trinajstić information content (AvgIpc) is 2.55. The summed E-state index contributed by atoms with van der Waals surface area (Å²) in [6.07, 6.45) is 1.44. The van der Waals surface area contributed by atoms with E-state index in [-0.39, 0.29) is 0 Å². The maximum Gasteiger partial charge on any atom is 0.232 e. The van der Waals surface area contributed by atoms with Crippen LogP contribution in [-0.4, -0.2) is 15.0 Å². The normalized spacial score (nSPS) is 10.5. The lowest BCUT2D eigenvalue weighted by molar-refractivity contribution is 1.06. The van der Waals surface area contributed by atoms with Crippen LogP contribution in [0.3, 0.4) is 0 Å². The van der Waals surface area contributed by atoms with Crippen LogP contribution in [0.2, 0.25) is 10.0 Å². The van der Waals surface area contributed by atoms with Gasteiger partial charge in [-0.1, -0.05) is 35.3 Å². The maximum atomic E-state index is 6.04. The summed E-state index contributed by atoms with van der Waals surface area (Å²) >= 11 is 12.1. The summed E-state index contributed by atoms with van der Waals surface area (Å²) in [7, 11) is 0. The molecule has 0 radical (unpaired) electrons. The van der Waals surface area contributed by atoms with E-state index in [4.69, 9.17) is 23.2 Å². The molecule has 0 spiro atoms. The molecule has 0 aliphatic rings. The monoisotopic (exact) mass is 359 g/mol. The van der Waals surface area contributed by atoms with Crippen molar-refractivity contribution in [3.8, 4) is 0 Å². The molecule has 5 nitrogen and oxygen atoms in total. The molecule has 24 heavy (non-hydrogen) atoms. The number of aromatic nitrogens is 3. The van der Waals surface area contributed by atoms with Gasteiger partial charge in [-0.2, -0.15) is 4.98 Å². The molecule has 0 saturated carbocycles. The molecule has 0 aliphatic carbocycles. The van der Waals surface area contributed by atoms with E-state index in [0.29, 0.717) is 21.9 Å². The number of aryl methyl sites for hydroxylation is 2. The predicted octanol–water partition coefficient (Wildman–Crippen LogP) is 5.28. The second-order valence-corrected chi connectivity index (χ2v) is 6.17. The molecular weight excluding hydrogens is 345 g/mol. The number of anilines is 4. The van der Waals surface area contributed by atoms with Crippen molar-refractivity contribution in [2.45, 2.75) is 13.8 Å². The fourth-order valence-corrected chi connectivity index (χ4v) is 2.46. The van der Waals surface area contributed by atoms with Crippen LogP contribution >= 0.6 is 23.2 Å². The van der Waals surface area contributed by atoms with Crippen molar-refractivity contribution >= 4 is 46.5 Å². The fourth-order valence-electron chi connectivity index (χ4n) is 2.12. The third-order valence-corrected chi connectivity index (χ3v) is 3.93. The van der Waals surface area contributed by atoms with Crippen LogP contribution < -0.4 is 10.6 Å². The minimum absolute atomic E-state index is 0.428. The lowest BCUT2D eigenvalue weighted by atomic mass is 10.2. The zero-order valence-electron chi connectivity index (χ0n) is 13.1. The molecule has 7 heteroatoms. The SMILES string of the molecule is Cc1ccc(Cl)cc1Nc1ncnc(Nc2cc(Cl)ccc2C)n1. The highest BCUT2D eigenvalue weighted by molar-refractivity contribution is 6.31. The van der Waals surface area contributed by atoms with Gasteiger partial charge in [-0.3, -0.25) is 0 Å². The number of nitrogens with zero attached hydrogens (tertiary/aromatic N) is 3. The van der Waals surface area contributed by atoms with Crippen LogP contribution in [0, 0.1) is 13.8 Å². The molecule has 0 atom stereocenters. The Morgan fingerprint density at radius 1 is 0.750 bits per heavy atom. The van der Waals surface area contributed by atoms with Gasteiger partial charge in [0.15, 0.2) is 0 Å². The molecule has 0 aliphatic heterocycles. The second kappa shape index (κ2) is 7.03. The summed E-state index contributed by atoms with van der Waals surface area (Å²) < 4.78 is 0. The van der Waals surface area contributed by atoms with Crippen molar-refractivity contribution in [3.63, 3.8) is 0 Å². The summed E-state index contributed by atoms with van der Waals surface area (Å²) in [5.41, 5.74) is 3.78. The number of halogens is 2. The number of rotatable bonds is 4. The molecule has 0 amide bonds. The second-order valence-electron chi connectivity index (χ2n) is 5.30. The quantitative estimate of drug-likeness (QED) is 0.663. The molecule has 122 valence electrons. The lowest BCUT2D eigenvalue weighted by Gasteiger charge is -2.11. The van der Waals surface area contributed by atoms with Crippen LogP contribution in [0.15, 0.2) is 42.7 Å². The van der Waals surface area contributed by atoms with Gasteiger partial charge in [-0.05, 0) is 49.2 Å². The Balaban J connectivity index is 1.84. The van der Waals surface area contributed by atoms with Crippen molar-refractivity contribution in [2.75, 3.05) is 10.6 Å². The van der Waals surface area contributed by atoms with Crippen molar-refractivity contribution in [1.82, 2.24) is 15.0 Å². The smallest absolute Gasteiger partial charge is 0.232 e. The van der Waals surface area contributed by atoms with Gasteiger partial charge >= 0.3 is 0 Å². The first-order valence-electron chi connectivity index (χ1n) is 7.26. The van der Waals surface area contributed by atoms with Gasteiger partial charge in [0, 0.05) is 21.4 Å². The summed E-state index contributed by atoms with van der Waals surface area (Å²) in [4.78, 5) is 12.7.